The zero-order valence-corrected chi connectivity index (χ0v) is 15.5. The van der Waals surface area contributed by atoms with Crippen molar-refractivity contribution in [2.75, 3.05) is 5.32 Å². The molecule has 0 spiro atoms. The summed E-state index contributed by atoms with van der Waals surface area (Å²) in [6, 6.07) is 11.5. The van der Waals surface area contributed by atoms with Crippen molar-refractivity contribution in [3.63, 3.8) is 0 Å². The molecular weight excluding hydrogens is 373 g/mol. The molecule has 27 heavy (non-hydrogen) atoms. The summed E-state index contributed by atoms with van der Waals surface area (Å²) in [5.74, 6) is -0.467. The Morgan fingerprint density at radius 2 is 1.85 bits per heavy atom. The van der Waals surface area contributed by atoms with Crippen LogP contribution in [0.2, 0.25) is 0 Å². The molecule has 7 heteroatoms. The normalized spacial score (nSPS) is 11.4. The summed E-state index contributed by atoms with van der Waals surface area (Å²) in [7, 11) is 0. The fourth-order valence-electron chi connectivity index (χ4n) is 2.69. The van der Waals surface area contributed by atoms with Crippen molar-refractivity contribution < 1.29 is 18.0 Å². The van der Waals surface area contributed by atoms with Gasteiger partial charge in [0.15, 0.2) is 0 Å². The number of rotatable bonds is 4. The number of halogens is 3. The van der Waals surface area contributed by atoms with Crippen molar-refractivity contribution in [3.05, 3.63) is 69.5 Å². The number of carbonyl (C=O) groups excluding carboxylic acids is 1. The Kier molecular flexibility index (Phi) is 5.32. The van der Waals surface area contributed by atoms with Gasteiger partial charge in [0.25, 0.3) is 5.91 Å². The van der Waals surface area contributed by atoms with Gasteiger partial charge in [-0.1, -0.05) is 25.1 Å². The predicted molar refractivity (Wildman–Crippen MR) is 101 cm³/mol. The number of aryl methyl sites for hydroxylation is 2. The lowest BCUT2D eigenvalue weighted by atomic mass is 10.1. The van der Waals surface area contributed by atoms with E-state index in [0.29, 0.717) is 5.56 Å². The molecule has 0 unspecified atom stereocenters. The number of nitrogens with zero attached hydrogens (tertiary/aromatic N) is 1. The molecule has 0 fully saturated rings. The number of nitrogens with one attached hydrogen (secondary N) is 1. The summed E-state index contributed by atoms with van der Waals surface area (Å²) < 4.78 is 38.3. The molecule has 1 aromatic heterocycles. The molecule has 0 aliphatic heterocycles. The zero-order valence-electron chi connectivity index (χ0n) is 14.7. The first-order valence-corrected chi connectivity index (χ1v) is 9.15. The van der Waals surface area contributed by atoms with Crippen LogP contribution in [0.25, 0.3) is 11.3 Å². The highest BCUT2D eigenvalue weighted by molar-refractivity contribution is 7.12. The summed E-state index contributed by atoms with van der Waals surface area (Å²) in [6.07, 6.45) is -3.58. The summed E-state index contributed by atoms with van der Waals surface area (Å²) in [4.78, 5) is 18.1. The molecule has 1 heterocycles. The number of carbonyl (C=O) groups is 1. The molecule has 3 aromatic rings. The lowest BCUT2D eigenvalue weighted by Crippen LogP contribution is -2.13. The van der Waals surface area contributed by atoms with Crippen LogP contribution in [-0.2, 0) is 12.6 Å². The van der Waals surface area contributed by atoms with Crippen molar-refractivity contribution >= 4 is 22.9 Å². The Hall–Kier alpha value is -2.67. The van der Waals surface area contributed by atoms with Gasteiger partial charge in [-0.05, 0) is 43.7 Å². The minimum absolute atomic E-state index is 0.0993. The van der Waals surface area contributed by atoms with Crippen molar-refractivity contribution in [1.82, 2.24) is 4.98 Å². The van der Waals surface area contributed by atoms with Crippen LogP contribution in [0.5, 0.6) is 0 Å². The molecule has 0 aliphatic carbocycles. The average Bonchev–Trinajstić information content (AvgIpc) is 3.02. The third-order valence-corrected chi connectivity index (χ3v) is 5.11. The zero-order chi connectivity index (χ0) is 19.6. The number of hydrogen-bond acceptors (Lipinski definition) is 3. The SMILES string of the molecule is CCc1sc(C)nc1-c1ccc(C(=O)Nc2cccc(C(F)(F)F)c2)cc1. The molecular formula is C20H17F3N2OS. The van der Waals surface area contributed by atoms with Gasteiger partial charge in [0.2, 0.25) is 0 Å². The third kappa shape index (κ3) is 4.36. The molecule has 0 atom stereocenters. The number of aromatic nitrogens is 1. The maximum Gasteiger partial charge on any atom is 0.416 e. The lowest BCUT2D eigenvalue weighted by Gasteiger charge is -2.10. The van der Waals surface area contributed by atoms with Gasteiger partial charge in [-0.2, -0.15) is 13.2 Å². The molecule has 0 radical (unpaired) electrons. The summed E-state index contributed by atoms with van der Waals surface area (Å²) in [5, 5.41) is 3.48. The van der Waals surface area contributed by atoms with Crippen molar-refractivity contribution in [1.29, 1.82) is 0 Å². The van der Waals surface area contributed by atoms with Crippen LogP contribution < -0.4 is 5.32 Å². The largest absolute Gasteiger partial charge is 0.416 e. The second-order valence-electron chi connectivity index (χ2n) is 5.97. The summed E-state index contributed by atoms with van der Waals surface area (Å²) in [6.45, 7) is 4.01. The quantitative estimate of drug-likeness (QED) is 0.598. The van der Waals surface area contributed by atoms with Gasteiger partial charge in [-0.3, -0.25) is 4.79 Å². The van der Waals surface area contributed by atoms with Crippen molar-refractivity contribution in [2.45, 2.75) is 26.4 Å². The van der Waals surface area contributed by atoms with E-state index >= 15 is 0 Å². The van der Waals surface area contributed by atoms with E-state index in [4.69, 9.17) is 0 Å². The Morgan fingerprint density at radius 3 is 2.48 bits per heavy atom. The first kappa shape index (κ1) is 19.1. The number of benzene rings is 2. The maximum absolute atomic E-state index is 12.8. The minimum atomic E-state index is -4.45. The number of amides is 1. The van der Waals surface area contributed by atoms with E-state index in [0.717, 1.165) is 34.8 Å². The fraction of sp³-hybridized carbons (Fsp3) is 0.200. The van der Waals surface area contributed by atoms with E-state index in [9.17, 15) is 18.0 Å². The van der Waals surface area contributed by atoms with Crippen LogP contribution in [0.1, 0.15) is 32.7 Å². The lowest BCUT2D eigenvalue weighted by molar-refractivity contribution is -0.137. The van der Waals surface area contributed by atoms with Gasteiger partial charge in [0.05, 0.1) is 16.3 Å². The van der Waals surface area contributed by atoms with Gasteiger partial charge in [-0.25, -0.2) is 4.98 Å². The van der Waals surface area contributed by atoms with Crippen LogP contribution in [0.3, 0.4) is 0 Å². The van der Waals surface area contributed by atoms with Crippen LogP contribution >= 0.6 is 11.3 Å². The predicted octanol–water partition coefficient (Wildman–Crippen LogP) is 5.95. The van der Waals surface area contributed by atoms with E-state index in [1.165, 1.54) is 17.0 Å². The molecule has 3 rings (SSSR count). The third-order valence-electron chi connectivity index (χ3n) is 3.99. The molecule has 1 amide bonds. The fourth-order valence-corrected chi connectivity index (χ4v) is 3.59. The Bertz CT molecular complexity index is 962. The monoisotopic (exact) mass is 390 g/mol. The van der Waals surface area contributed by atoms with E-state index < -0.39 is 17.6 Å². The van der Waals surface area contributed by atoms with Gasteiger partial charge in [-0.15, -0.1) is 11.3 Å². The van der Waals surface area contributed by atoms with E-state index in [-0.39, 0.29) is 5.69 Å². The second kappa shape index (κ2) is 7.52. The van der Waals surface area contributed by atoms with Crippen LogP contribution in [0, 0.1) is 6.92 Å². The first-order valence-electron chi connectivity index (χ1n) is 8.33. The maximum atomic E-state index is 12.8. The van der Waals surface area contributed by atoms with Crippen molar-refractivity contribution in [2.24, 2.45) is 0 Å². The number of anilines is 1. The van der Waals surface area contributed by atoms with Crippen molar-refractivity contribution in [3.8, 4) is 11.3 Å². The van der Waals surface area contributed by atoms with Gasteiger partial charge >= 0.3 is 6.18 Å². The first-order chi connectivity index (χ1) is 12.8. The number of hydrogen-bond donors (Lipinski definition) is 1. The summed E-state index contributed by atoms with van der Waals surface area (Å²) in [5.41, 5.74) is 1.47. The Labute approximate surface area is 158 Å². The Balaban J connectivity index is 1.78. The summed E-state index contributed by atoms with van der Waals surface area (Å²) >= 11 is 1.64. The standard InChI is InChI=1S/C20H17F3N2OS/c1-3-17-18(24-12(2)27-17)13-7-9-14(10-8-13)19(26)25-16-6-4-5-15(11-16)20(21,22)23/h4-11H,3H2,1-2H3,(H,25,26). The number of alkyl halides is 3. The minimum Gasteiger partial charge on any atom is -0.322 e. The molecule has 0 saturated carbocycles. The highest BCUT2D eigenvalue weighted by Crippen LogP contribution is 2.31. The molecule has 0 saturated heterocycles. The van der Waals surface area contributed by atoms with Crippen LogP contribution in [-0.4, -0.2) is 10.9 Å². The Morgan fingerprint density at radius 1 is 1.15 bits per heavy atom. The molecule has 140 valence electrons. The van der Waals surface area contributed by atoms with E-state index in [1.54, 1.807) is 35.6 Å². The molecule has 0 aliphatic rings. The van der Waals surface area contributed by atoms with Crippen LogP contribution in [0.4, 0.5) is 18.9 Å². The second-order valence-corrected chi connectivity index (χ2v) is 7.26. The van der Waals surface area contributed by atoms with Gasteiger partial charge in [0.1, 0.15) is 0 Å². The average molecular weight is 390 g/mol. The number of thiazole rings is 1. The van der Waals surface area contributed by atoms with Gasteiger partial charge in [0, 0.05) is 21.7 Å². The highest BCUT2D eigenvalue weighted by Gasteiger charge is 2.30. The highest BCUT2D eigenvalue weighted by atomic mass is 32.1. The molecule has 0 bridgehead atoms. The molecule has 1 N–H and O–H groups in total. The van der Waals surface area contributed by atoms with E-state index in [1.807, 2.05) is 6.92 Å². The van der Waals surface area contributed by atoms with Crippen LogP contribution in [0.15, 0.2) is 48.5 Å². The smallest absolute Gasteiger partial charge is 0.322 e. The van der Waals surface area contributed by atoms with Gasteiger partial charge < -0.3 is 5.32 Å². The van der Waals surface area contributed by atoms with E-state index in [2.05, 4.69) is 17.2 Å². The molecule has 2 aromatic carbocycles. The topological polar surface area (TPSA) is 42.0 Å². The molecule has 3 nitrogen and oxygen atoms in total.